The molecule has 0 spiro atoms. The van der Waals surface area contributed by atoms with Gasteiger partial charge in [-0.05, 0) is 22.0 Å². The molecule has 0 aliphatic carbocycles. The molecule has 0 aromatic carbocycles. The molecule has 0 radical (unpaired) electrons. The van der Waals surface area contributed by atoms with Gasteiger partial charge in [-0.2, -0.15) is 5.10 Å². The smallest absolute Gasteiger partial charge is 0.282 e. The fourth-order valence-electron chi connectivity index (χ4n) is 1.58. The highest BCUT2D eigenvalue weighted by molar-refractivity contribution is 9.10. The first kappa shape index (κ1) is 14.4. The lowest BCUT2D eigenvalue weighted by Gasteiger charge is -2.09. The van der Waals surface area contributed by atoms with Crippen LogP contribution in [0.15, 0.2) is 21.5 Å². The number of aromatic nitrogens is 3. The molecular formula is C11H11BrCl2N4O. The van der Waals surface area contributed by atoms with E-state index in [0.717, 1.165) is 5.69 Å². The van der Waals surface area contributed by atoms with Crippen molar-refractivity contribution in [2.75, 3.05) is 5.32 Å². The highest BCUT2D eigenvalue weighted by atomic mass is 79.9. The molecule has 0 amide bonds. The number of aryl methyl sites for hydroxylation is 1. The fourth-order valence-corrected chi connectivity index (χ4v) is 2.49. The minimum atomic E-state index is -0.201. The maximum atomic E-state index is 11.7. The summed E-state index contributed by atoms with van der Waals surface area (Å²) in [6.07, 6.45) is 1.58. The molecule has 2 aromatic rings. The summed E-state index contributed by atoms with van der Waals surface area (Å²) >= 11 is 15.2. The third kappa shape index (κ3) is 2.80. The first-order valence-electron chi connectivity index (χ1n) is 5.37. The Morgan fingerprint density at radius 2 is 2.11 bits per heavy atom. The largest absolute Gasteiger partial charge is 0.377 e. The summed E-state index contributed by atoms with van der Waals surface area (Å²) in [5, 5.41) is 8.06. The lowest BCUT2D eigenvalue weighted by atomic mass is 10.4. The molecule has 0 aliphatic rings. The van der Waals surface area contributed by atoms with Gasteiger partial charge >= 0.3 is 0 Å². The summed E-state index contributed by atoms with van der Waals surface area (Å²) in [5.74, 6) is 0. The second kappa shape index (κ2) is 5.56. The summed E-state index contributed by atoms with van der Waals surface area (Å²) in [6, 6.07) is 1.78. The van der Waals surface area contributed by atoms with Crippen LogP contribution < -0.4 is 10.9 Å². The number of halogens is 3. The van der Waals surface area contributed by atoms with E-state index in [4.69, 9.17) is 23.2 Å². The Hall–Kier alpha value is -0.980. The van der Waals surface area contributed by atoms with Gasteiger partial charge in [0.2, 0.25) is 0 Å². The zero-order valence-corrected chi connectivity index (χ0v) is 13.3. The molecule has 19 heavy (non-hydrogen) atoms. The molecule has 0 saturated carbocycles. The zero-order chi connectivity index (χ0) is 14.2. The van der Waals surface area contributed by atoms with Crippen LogP contribution in [0.5, 0.6) is 0 Å². The van der Waals surface area contributed by atoms with E-state index in [1.165, 1.54) is 4.68 Å². The molecule has 0 saturated heterocycles. The van der Waals surface area contributed by atoms with E-state index in [1.54, 1.807) is 23.9 Å². The lowest BCUT2D eigenvalue weighted by molar-refractivity contribution is 0.702. The molecule has 2 aromatic heterocycles. The third-order valence-electron chi connectivity index (χ3n) is 2.75. The van der Waals surface area contributed by atoms with E-state index >= 15 is 0 Å². The minimum absolute atomic E-state index is 0.201. The summed E-state index contributed by atoms with van der Waals surface area (Å²) in [5.41, 5.74) is 1.33. The van der Waals surface area contributed by atoms with E-state index in [0.29, 0.717) is 26.9 Å². The first-order chi connectivity index (χ1) is 8.91. The van der Waals surface area contributed by atoms with Gasteiger partial charge in [-0.3, -0.25) is 4.79 Å². The Bertz CT molecular complexity index is 680. The summed E-state index contributed by atoms with van der Waals surface area (Å²) in [6.45, 7) is 0.483. The van der Waals surface area contributed by atoms with Crippen LogP contribution in [0, 0.1) is 0 Å². The Balaban J connectivity index is 2.22. The van der Waals surface area contributed by atoms with Gasteiger partial charge in [0, 0.05) is 19.8 Å². The fraction of sp³-hybridized carbons (Fsp3) is 0.273. The Kier molecular flexibility index (Phi) is 4.23. The molecule has 102 valence electrons. The summed E-state index contributed by atoms with van der Waals surface area (Å²) in [7, 11) is 3.41. The molecule has 1 N–H and O–H groups in total. The van der Waals surface area contributed by atoms with Crippen molar-refractivity contribution in [2.24, 2.45) is 14.1 Å². The van der Waals surface area contributed by atoms with Gasteiger partial charge in [-0.1, -0.05) is 23.2 Å². The average molecular weight is 366 g/mol. The molecular weight excluding hydrogens is 355 g/mol. The molecule has 0 bridgehead atoms. The number of anilines is 1. The minimum Gasteiger partial charge on any atom is -0.377 e. The number of nitrogens with zero attached hydrogens (tertiary/aromatic N) is 3. The molecule has 2 heterocycles. The van der Waals surface area contributed by atoms with Crippen LogP contribution in [0.1, 0.15) is 5.69 Å². The van der Waals surface area contributed by atoms with Gasteiger partial charge in [-0.15, -0.1) is 0 Å². The molecule has 0 fully saturated rings. The van der Waals surface area contributed by atoms with Gasteiger partial charge in [-0.25, -0.2) is 4.68 Å². The Labute approximate surface area is 128 Å². The number of nitrogens with one attached hydrogen (secondary N) is 1. The molecule has 0 atom stereocenters. The van der Waals surface area contributed by atoms with Crippen LogP contribution in [0.2, 0.25) is 10.2 Å². The van der Waals surface area contributed by atoms with Crippen molar-refractivity contribution in [3.63, 3.8) is 0 Å². The van der Waals surface area contributed by atoms with Crippen molar-refractivity contribution in [3.05, 3.63) is 43.0 Å². The molecule has 0 unspecified atom stereocenters. The van der Waals surface area contributed by atoms with Crippen molar-refractivity contribution in [1.82, 2.24) is 14.3 Å². The Morgan fingerprint density at radius 1 is 1.42 bits per heavy atom. The van der Waals surface area contributed by atoms with Crippen molar-refractivity contribution in [3.8, 4) is 0 Å². The third-order valence-corrected chi connectivity index (χ3v) is 4.36. The highest BCUT2D eigenvalue weighted by Crippen LogP contribution is 2.26. The molecule has 2 rings (SSSR count). The first-order valence-corrected chi connectivity index (χ1v) is 6.92. The predicted octanol–water partition coefficient (Wildman–Crippen LogP) is 2.80. The van der Waals surface area contributed by atoms with Gasteiger partial charge in [0.1, 0.15) is 9.63 Å². The SMILES string of the molecule is Cn1c(CNc2cnn(C)c(=O)c2Br)cc(Cl)c1Cl. The van der Waals surface area contributed by atoms with E-state index in [2.05, 4.69) is 26.3 Å². The number of hydrogen-bond acceptors (Lipinski definition) is 3. The van der Waals surface area contributed by atoms with Crippen molar-refractivity contribution < 1.29 is 0 Å². The maximum absolute atomic E-state index is 11.7. The van der Waals surface area contributed by atoms with Crippen molar-refractivity contribution >= 4 is 44.8 Å². The monoisotopic (exact) mass is 364 g/mol. The van der Waals surface area contributed by atoms with Crippen molar-refractivity contribution in [2.45, 2.75) is 6.54 Å². The standard InChI is InChI=1S/C11H11BrCl2N4O/c1-17-6(3-7(13)10(17)14)4-15-8-5-16-18(2)11(19)9(8)12/h3,5,15H,4H2,1-2H3. The van der Waals surface area contributed by atoms with E-state index < -0.39 is 0 Å². The van der Waals surface area contributed by atoms with Crippen LogP contribution >= 0.6 is 39.1 Å². The summed E-state index contributed by atoms with van der Waals surface area (Å²) in [4.78, 5) is 11.7. The highest BCUT2D eigenvalue weighted by Gasteiger charge is 2.10. The van der Waals surface area contributed by atoms with Gasteiger partial charge in [0.15, 0.2) is 0 Å². The molecule has 8 heteroatoms. The zero-order valence-electron chi connectivity index (χ0n) is 10.2. The van der Waals surface area contributed by atoms with Crippen LogP contribution in [0.4, 0.5) is 5.69 Å². The van der Waals surface area contributed by atoms with Crippen LogP contribution in [0.3, 0.4) is 0 Å². The van der Waals surface area contributed by atoms with E-state index in [-0.39, 0.29) is 5.56 Å². The van der Waals surface area contributed by atoms with Crippen LogP contribution in [-0.2, 0) is 20.6 Å². The maximum Gasteiger partial charge on any atom is 0.282 e. The van der Waals surface area contributed by atoms with Crippen LogP contribution in [-0.4, -0.2) is 14.3 Å². The molecule has 5 nitrogen and oxygen atoms in total. The van der Waals surface area contributed by atoms with Gasteiger partial charge < -0.3 is 9.88 Å². The van der Waals surface area contributed by atoms with Crippen LogP contribution in [0.25, 0.3) is 0 Å². The quantitative estimate of drug-likeness (QED) is 0.909. The average Bonchev–Trinajstić information content (AvgIpc) is 2.63. The molecule has 0 aliphatic heterocycles. The number of rotatable bonds is 3. The normalized spacial score (nSPS) is 10.8. The lowest BCUT2D eigenvalue weighted by Crippen LogP contribution is -2.21. The topological polar surface area (TPSA) is 51.9 Å². The van der Waals surface area contributed by atoms with E-state index in [9.17, 15) is 4.79 Å². The van der Waals surface area contributed by atoms with Crippen molar-refractivity contribution in [1.29, 1.82) is 0 Å². The number of hydrogen-bond donors (Lipinski definition) is 1. The van der Waals surface area contributed by atoms with E-state index in [1.807, 2.05) is 7.05 Å². The van der Waals surface area contributed by atoms with Gasteiger partial charge in [0.25, 0.3) is 5.56 Å². The second-order valence-corrected chi connectivity index (χ2v) is 5.55. The van der Waals surface area contributed by atoms with Gasteiger partial charge in [0.05, 0.1) is 23.5 Å². The summed E-state index contributed by atoms with van der Waals surface area (Å²) < 4.78 is 3.47. The predicted molar refractivity (Wildman–Crippen MR) is 79.9 cm³/mol. The second-order valence-electron chi connectivity index (χ2n) is 3.99. The Morgan fingerprint density at radius 3 is 2.68 bits per heavy atom.